The van der Waals surface area contributed by atoms with Crippen molar-refractivity contribution in [3.63, 3.8) is 0 Å². The normalized spacial score (nSPS) is 11.9. The highest BCUT2D eigenvalue weighted by molar-refractivity contribution is 5.77. The van der Waals surface area contributed by atoms with Crippen LogP contribution in [0.3, 0.4) is 0 Å². The Labute approximate surface area is 175 Å². The second kappa shape index (κ2) is 7.65. The molecule has 0 fully saturated rings. The maximum Gasteiger partial charge on any atom is 0.329 e. The van der Waals surface area contributed by atoms with Gasteiger partial charge in [-0.2, -0.15) is 0 Å². The fourth-order valence-corrected chi connectivity index (χ4v) is 4.40. The van der Waals surface area contributed by atoms with Gasteiger partial charge in [-0.3, -0.25) is 23.2 Å². The minimum atomic E-state index is -0.00945. The molecule has 2 heterocycles. The van der Waals surface area contributed by atoms with Crippen molar-refractivity contribution in [3.8, 4) is 0 Å². The number of fused-ring (bicyclic) bond motifs is 2. The van der Waals surface area contributed by atoms with Gasteiger partial charge in [-0.15, -0.1) is 0 Å². The molecule has 0 aliphatic heterocycles. The standard InChI is InChI=1S/C23H29N5O2/c1-6-27-19-11-9-17(13-21(19)28(7-2)23(27)30)15-24(3)14-16-8-10-18-20(12-16)26(5)22(29)25(18)4/h8-13H,6-7,14-15H2,1-5H3. The molecule has 0 aliphatic carbocycles. The van der Waals surface area contributed by atoms with E-state index < -0.39 is 0 Å². The number of rotatable bonds is 6. The molecule has 7 nitrogen and oxygen atoms in total. The quantitative estimate of drug-likeness (QED) is 0.494. The van der Waals surface area contributed by atoms with Crippen LogP contribution in [0.2, 0.25) is 0 Å². The summed E-state index contributed by atoms with van der Waals surface area (Å²) >= 11 is 0. The molecule has 4 aromatic rings. The van der Waals surface area contributed by atoms with Gasteiger partial charge in [0.25, 0.3) is 0 Å². The molecule has 2 aromatic carbocycles. The monoisotopic (exact) mass is 407 g/mol. The first-order chi connectivity index (χ1) is 14.3. The summed E-state index contributed by atoms with van der Waals surface area (Å²) in [6, 6.07) is 12.5. The van der Waals surface area contributed by atoms with E-state index in [0.717, 1.165) is 40.7 Å². The summed E-state index contributed by atoms with van der Waals surface area (Å²) in [5.74, 6) is 0. The highest BCUT2D eigenvalue weighted by Gasteiger charge is 2.13. The fraction of sp³-hybridized carbons (Fsp3) is 0.391. The first-order valence-corrected chi connectivity index (χ1v) is 10.4. The van der Waals surface area contributed by atoms with Crippen LogP contribution in [0.4, 0.5) is 0 Å². The summed E-state index contributed by atoms with van der Waals surface area (Å²) < 4.78 is 7.03. The van der Waals surface area contributed by atoms with Crippen molar-refractivity contribution in [2.45, 2.75) is 40.0 Å². The van der Waals surface area contributed by atoms with Crippen molar-refractivity contribution in [1.29, 1.82) is 0 Å². The highest BCUT2D eigenvalue weighted by Crippen LogP contribution is 2.19. The minimum absolute atomic E-state index is 0.00945. The fourth-order valence-electron chi connectivity index (χ4n) is 4.40. The molecule has 2 aromatic heterocycles. The number of aromatic nitrogens is 4. The summed E-state index contributed by atoms with van der Waals surface area (Å²) in [6.45, 7) is 6.89. The van der Waals surface area contributed by atoms with E-state index in [1.54, 1.807) is 16.2 Å². The Bertz CT molecular complexity index is 1350. The third kappa shape index (κ3) is 3.19. The van der Waals surface area contributed by atoms with Crippen LogP contribution in [0.1, 0.15) is 25.0 Å². The Morgan fingerprint density at radius 3 is 1.80 bits per heavy atom. The third-order valence-corrected chi connectivity index (χ3v) is 5.96. The largest absolute Gasteiger partial charge is 0.329 e. The summed E-state index contributed by atoms with van der Waals surface area (Å²) in [5.41, 5.74) is 6.26. The molecule has 7 heteroatoms. The number of aryl methyl sites for hydroxylation is 4. The van der Waals surface area contributed by atoms with E-state index in [-0.39, 0.29) is 11.4 Å². The average molecular weight is 408 g/mol. The maximum absolute atomic E-state index is 12.6. The van der Waals surface area contributed by atoms with Gasteiger partial charge in [0.05, 0.1) is 22.1 Å². The molecular weight excluding hydrogens is 378 g/mol. The summed E-state index contributed by atoms with van der Waals surface area (Å²) in [7, 11) is 5.69. The maximum atomic E-state index is 12.6. The van der Waals surface area contributed by atoms with Crippen molar-refractivity contribution in [3.05, 3.63) is 68.5 Å². The van der Waals surface area contributed by atoms with Gasteiger partial charge in [0, 0.05) is 40.3 Å². The van der Waals surface area contributed by atoms with Gasteiger partial charge in [0.2, 0.25) is 0 Å². The molecule has 0 saturated heterocycles. The van der Waals surface area contributed by atoms with E-state index >= 15 is 0 Å². The molecule has 0 amide bonds. The lowest BCUT2D eigenvalue weighted by molar-refractivity contribution is 0.319. The third-order valence-electron chi connectivity index (χ3n) is 5.96. The lowest BCUT2D eigenvalue weighted by Crippen LogP contribution is -2.23. The molecule has 0 N–H and O–H groups in total. The van der Waals surface area contributed by atoms with Gasteiger partial charge in [-0.1, -0.05) is 12.1 Å². The van der Waals surface area contributed by atoms with E-state index in [0.29, 0.717) is 13.1 Å². The lowest BCUT2D eigenvalue weighted by atomic mass is 10.1. The predicted octanol–water partition coefficient (Wildman–Crippen LogP) is 2.67. The molecule has 30 heavy (non-hydrogen) atoms. The zero-order valence-electron chi connectivity index (χ0n) is 18.3. The Morgan fingerprint density at radius 1 is 0.700 bits per heavy atom. The van der Waals surface area contributed by atoms with Gasteiger partial charge < -0.3 is 0 Å². The molecule has 0 unspecified atom stereocenters. The van der Waals surface area contributed by atoms with Crippen LogP contribution >= 0.6 is 0 Å². The molecule has 0 saturated carbocycles. The van der Waals surface area contributed by atoms with Crippen LogP contribution in [-0.4, -0.2) is 30.2 Å². The zero-order chi connectivity index (χ0) is 21.6. The summed E-state index contributed by atoms with van der Waals surface area (Å²) in [5, 5.41) is 0. The first kappa shape index (κ1) is 20.2. The van der Waals surface area contributed by atoms with Gasteiger partial charge in [0.15, 0.2) is 0 Å². The lowest BCUT2D eigenvalue weighted by Gasteiger charge is -2.17. The molecular formula is C23H29N5O2. The van der Waals surface area contributed by atoms with Gasteiger partial charge in [0.1, 0.15) is 0 Å². The van der Waals surface area contributed by atoms with Crippen molar-refractivity contribution in [1.82, 2.24) is 23.2 Å². The van der Waals surface area contributed by atoms with Crippen LogP contribution in [0.25, 0.3) is 22.1 Å². The Morgan fingerprint density at radius 2 is 1.20 bits per heavy atom. The number of hydrogen-bond donors (Lipinski definition) is 0. The van der Waals surface area contributed by atoms with Crippen LogP contribution in [0, 0.1) is 0 Å². The summed E-state index contributed by atoms with van der Waals surface area (Å²) in [6.07, 6.45) is 0. The number of benzene rings is 2. The number of nitrogens with zero attached hydrogens (tertiary/aromatic N) is 5. The van der Waals surface area contributed by atoms with Crippen LogP contribution < -0.4 is 11.4 Å². The smallest absolute Gasteiger partial charge is 0.298 e. The summed E-state index contributed by atoms with van der Waals surface area (Å²) in [4.78, 5) is 27.0. The topological polar surface area (TPSA) is 57.1 Å². The minimum Gasteiger partial charge on any atom is -0.298 e. The molecule has 0 spiro atoms. The number of imidazole rings is 2. The van der Waals surface area contributed by atoms with Crippen molar-refractivity contribution in [2.24, 2.45) is 14.1 Å². The Balaban J connectivity index is 1.59. The molecule has 0 atom stereocenters. The second-order valence-electron chi connectivity index (χ2n) is 7.99. The van der Waals surface area contributed by atoms with Crippen LogP contribution in [0.15, 0.2) is 46.0 Å². The van der Waals surface area contributed by atoms with Crippen LogP contribution in [0.5, 0.6) is 0 Å². The van der Waals surface area contributed by atoms with Gasteiger partial charge in [-0.25, -0.2) is 9.59 Å². The SMILES string of the molecule is CCn1c(=O)n(CC)c2cc(CN(C)Cc3ccc4c(c3)n(C)c(=O)n4C)ccc21. The second-order valence-corrected chi connectivity index (χ2v) is 7.99. The number of hydrogen-bond acceptors (Lipinski definition) is 3. The van der Waals surface area contributed by atoms with E-state index in [2.05, 4.69) is 42.3 Å². The predicted molar refractivity (Wildman–Crippen MR) is 121 cm³/mol. The molecule has 0 radical (unpaired) electrons. The van der Waals surface area contributed by atoms with Gasteiger partial charge in [-0.05, 0) is 56.3 Å². The highest BCUT2D eigenvalue weighted by atomic mass is 16.2. The van der Waals surface area contributed by atoms with Crippen molar-refractivity contribution in [2.75, 3.05) is 7.05 Å². The molecule has 4 rings (SSSR count). The Kier molecular flexibility index (Phi) is 5.15. The average Bonchev–Trinajstić information content (AvgIpc) is 3.12. The molecule has 0 aliphatic rings. The van der Waals surface area contributed by atoms with E-state index in [9.17, 15) is 9.59 Å². The first-order valence-electron chi connectivity index (χ1n) is 10.4. The van der Waals surface area contributed by atoms with Crippen molar-refractivity contribution < 1.29 is 0 Å². The van der Waals surface area contributed by atoms with Crippen molar-refractivity contribution >= 4 is 22.1 Å². The van der Waals surface area contributed by atoms with E-state index in [1.165, 1.54) is 5.56 Å². The van der Waals surface area contributed by atoms with Crippen LogP contribution in [-0.2, 0) is 40.3 Å². The zero-order valence-corrected chi connectivity index (χ0v) is 18.3. The molecule has 158 valence electrons. The van der Waals surface area contributed by atoms with E-state index in [4.69, 9.17) is 0 Å². The van der Waals surface area contributed by atoms with E-state index in [1.807, 2.05) is 36.1 Å². The molecule has 0 bridgehead atoms. The van der Waals surface area contributed by atoms with Gasteiger partial charge >= 0.3 is 11.4 Å². The Hall–Kier alpha value is -3.06.